The third kappa shape index (κ3) is 5.14. The van der Waals surface area contributed by atoms with Crippen molar-refractivity contribution < 1.29 is 0 Å². The van der Waals surface area contributed by atoms with Crippen LogP contribution >= 0.6 is 0 Å². The van der Waals surface area contributed by atoms with Gasteiger partial charge in [-0.15, -0.1) is 0 Å². The van der Waals surface area contributed by atoms with Gasteiger partial charge in [0.15, 0.2) is 0 Å². The average Bonchev–Trinajstić information content (AvgIpc) is 3.04. The van der Waals surface area contributed by atoms with Crippen LogP contribution in [0, 0.1) is 0 Å². The van der Waals surface area contributed by atoms with Crippen molar-refractivity contribution in [3.05, 3.63) is 169 Å². The van der Waals surface area contributed by atoms with E-state index in [1.54, 1.807) is 0 Å². The van der Waals surface area contributed by atoms with Crippen LogP contribution in [0.5, 0.6) is 0 Å². The minimum atomic E-state index is 0.239. The van der Waals surface area contributed by atoms with Crippen LogP contribution in [0.4, 0.5) is 0 Å². The topological polar surface area (TPSA) is 0 Å². The van der Waals surface area contributed by atoms with Gasteiger partial charge in [-0.3, -0.25) is 0 Å². The summed E-state index contributed by atoms with van der Waals surface area (Å²) in [6.07, 6.45) is 2.16. The fraction of sp³-hybridized carbons (Fsp3) is 0.100. The van der Waals surface area contributed by atoms with Gasteiger partial charge in [-0.2, -0.15) is 0 Å². The van der Waals surface area contributed by atoms with Crippen molar-refractivity contribution in [2.45, 2.75) is 25.7 Å². The lowest BCUT2D eigenvalue weighted by Gasteiger charge is -2.27. The minimum Gasteiger partial charge on any atom is -0.0653 e. The Bertz CT molecular complexity index is 1540. The van der Waals surface area contributed by atoms with E-state index in [0.717, 1.165) is 12.8 Å². The van der Waals surface area contributed by atoms with Crippen molar-refractivity contribution in [1.82, 2.24) is 0 Å². The van der Waals surface area contributed by atoms with Crippen LogP contribution in [0.3, 0.4) is 0 Å². The number of hydrogen-bond acceptors (Lipinski definition) is 0. The summed E-state index contributed by atoms with van der Waals surface area (Å²) in [5.74, 6) is 0.239. The SMILES string of the molecule is CCCC(c1cccc(-c2ccccc2)c1-c1ccccc1)c1cccc(-c2ccccc2)c1-c1ccccc1. The highest BCUT2D eigenvalue weighted by Crippen LogP contribution is 2.46. The van der Waals surface area contributed by atoms with E-state index in [2.05, 4.69) is 165 Å². The fourth-order valence-corrected chi connectivity index (χ4v) is 6.06. The van der Waals surface area contributed by atoms with Crippen LogP contribution in [-0.2, 0) is 0 Å². The van der Waals surface area contributed by atoms with Gasteiger partial charge in [0.25, 0.3) is 0 Å². The van der Waals surface area contributed by atoms with Crippen LogP contribution in [0.2, 0.25) is 0 Å². The molecule has 0 saturated heterocycles. The molecule has 0 heteroatoms. The molecule has 0 saturated carbocycles. The standard InChI is InChI=1S/C40H34/c1-2-17-36(37-28-15-26-34(30-18-7-3-8-19-30)39(37)32-22-11-5-12-23-32)38-29-16-27-35(31-20-9-4-10-21-31)40(38)33-24-13-6-14-25-33/h3-16,18-29,36H,2,17H2,1H3. The normalized spacial score (nSPS) is 11.1. The second kappa shape index (κ2) is 12.0. The van der Waals surface area contributed by atoms with Gasteiger partial charge in [0.2, 0.25) is 0 Å². The maximum atomic E-state index is 2.36. The van der Waals surface area contributed by atoms with E-state index >= 15 is 0 Å². The fourth-order valence-electron chi connectivity index (χ4n) is 6.06. The molecule has 0 atom stereocenters. The number of hydrogen-bond donors (Lipinski definition) is 0. The summed E-state index contributed by atoms with van der Waals surface area (Å²) in [6, 6.07) is 57.3. The molecular formula is C40H34. The van der Waals surface area contributed by atoms with Crippen LogP contribution in [0.25, 0.3) is 44.5 Å². The summed E-state index contributed by atoms with van der Waals surface area (Å²) < 4.78 is 0. The van der Waals surface area contributed by atoms with Gasteiger partial charge in [0, 0.05) is 5.92 Å². The predicted molar refractivity (Wildman–Crippen MR) is 171 cm³/mol. The zero-order valence-electron chi connectivity index (χ0n) is 23.0. The van der Waals surface area contributed by atoms with Crippen LogP contribution in [0.15, 0.2) is 158 Å². The van der Waals surface area contributed by atoms with Crippen molar-refractivity contribution in [1.29, 1.82) is 0 Å². The maximum Gasteiger partial charge on any atom is 0.0102 e. The van der Waals surface area contributed by atoms with Gasteiger partial charge < -0.3 is 0 Å². The van der Waals surface area contributed by atoms with E-state index < -0.39 is 0 Å². The molecule has 6 rings (SSSR count). The van der Waals surface area contributed by atoms with Gasteiger partial charge in [-0.25, -0.2) is 0 Å². The second-order valence-electron chi connectivity index (χ2n) is 10.3. The lowest BCUT2D eigenvalue weighted by Crippen LogP contribution is -2.07. The van der Waals surface area contributed by atoms with Gasteiger partial charge >= 0.3 is 0 Å². The Labute approximate surface area is 238 Å². The van der Waals surface area contributed by atoms with Gasteiger partial charge in [0.1, 0.15) is 0 Å². The molecule has 0 radical (unpaired) electrons. The van der Waals surface area contributed by atoms with E-state index in [1.807, 2.05) is 0 Å². The zero-order chi connectivity index (χ0) is 27.1. The molecule has 194 valence electrons. The smallest absolute Gasteiger partial charge is 0.0102 e. The third-order valence-electron chi connectivity index (χ3n) is 7.82. The molecule has 0 aromatic heterocycles. The highest BCUT2D eigenvalue weighted by Gasteiger charge is 2.25. The van der Waals surface area contributed by atoms with Gasteiger partial charge in [-0.1, -0.05) is 171 Å². The molecule has 0 aliphatic heterocycles. The first-order valence-electron chi connectivity index (χ1n) is 14.3. The van der Waals surface area contributed by atoms with Crippen LogP contribution in [-0.4, -0.2) is 0 Å². The molecule has 6 aromatic rings. The highest BCUT2D eigenvalue weighted by molar-refractivity contribution is 5.89. The summed E-state index contributed by atoms with van der Waals surface area (Å²) in [5.41, 5.74) is 13.0. The monoisotopic (exact) mass is 514 g/mol. The quantitative estimate of drug-likeness (QED) is 0.189. The predicted octanol–water partition coefficient (Wildman–Crippen LogP) is 11.3. The summed E-state index contributed by atoms with van der Waals surface area (Å²) in [6.45, 7) is 2.31. The van der Waals surface area contributed by atoms with Crippen LogP contribution < -0.4 is 0 Å². The molecule has 0 aliphatic carbocycles. The van der Waals surface area contributed by atoms with E-state index in [4.69, 9.17) is 0 Å². The first kappa shape index (κ1) is 25.6. The minimum absolute atomic E-state index is 0.239. The molecule has 0 amide bonds. The van der Waals surface area contributed by atoms with E-state index in [0.29, 0.717) is 0 Å². The lowest BCUT2D eigenvalue weighted by molar-refractivity contribution is 0.701. The average molecular weight is 515 g/mol. The molecule has 0 aliphatic rings. The number of benzene rings is 6. The third-order valence-corrected chi connectivity index (χ3v) is 7.82. The Balaban J connectivity index is 1.65. The second-order valence-corrected chi connectivity index (χ2v) is 10.3. The van der Waals surface area contributed by atoms with E-state index in [9.17, 15) is 0 Å². The van der Waals surface area contributed by atoms with Gasteiger partial charge in [-0.05, 0) is 62.1 Å². The first-order valence-corrected chi connectivity index (χ1v) is 14.3. The van der Waals surface area contributed by atoms with Crippen molar-refractivity contribution >= 4 is 0 Å². The maximum absolute atomic E-state index is 2.36. The Morgan fingerprint density at radius 1 is 0.375 bits per heavy atom. The Hall–Kier alpha value is -4.68. The molecule has 40 heavy (non-hydrogen) atoms. The van der Waals surface area contributed by atoms with Crippen molar-refractivity contribution in [3.63, 3.8) is 0 Å². The molecule has 0 fully saturated rings. The molecule has 6 aromatic carbocycles. The molecule has 0 spiro atoms. The molecule has 0 unspecified atom stereocenters. The molecule has 0 nitrogen and oxygen atoms in total. The molecule has 0 bridgehead atoms. The van der Waals surface area contributed by atoms with E-state index in [1.165, 1.54) is 55.6 Å². The summed E-state index contributed by atoms with van der Waals surface area (Å²) in [4.78, 5) is 0. The van der Waals surface area contributed by atoms with Crippen LogP contribution in [0.1, 0.15) is 36.8 Å². The molecule has 0 heterocycles. The van der Waals surface area contributed by atoms with E-state index in [-0.39, 0.29) is 5.92 Å². The van der Waals surface area contributed by atoms with Crippen molar-refractivity contribution in [2.75, 3.05) is 0 Å². The van der Waals surface area contributed by atoms with Gasteiger partial charge in [0.05, 0.1) is 0 Å². The largest absolute Gasteiger partial charge is 0.0653 e. The van der Waals surface area contributed by atoms with Crippen molar-refractivity contribution in [2.24, 2.45) is 0 Å². The number of rotatable bonds is 8. The zero-order valence-corrected chi connectivity index (χ0v) is 23.0. The lowest BCUT2D eigenvalue weighted by atomic mass is 9.77. The highest BCUT2D eigenvalue weighted by atomic mass is 14.3. The Morgan fingerprint density at radius 3 is 1.07 bits per heavy atom. The molecule has 0 N–H and O–H groups in total. The summed E-state index contributed by atoms with van der Waals surface area (Å²) in [5, 5.41) is 0. The Morgan fingerprint density at radius 2 is 0.725 bits per heavy atom. The first-order chi connectivity index (χ1) is 19.8. The van der Waals surface area contributed by atoms with Crippen molar-refractivity contribution in [3.8, 4) is 44.5 Å². The summed E-state index contributed by atoms with van der Waals surface area (Å²) in [7, 11) is 0. The molecular weight excluding hydrogens is 480 g/mol. The Kier molecular flexibility index (Phi) is 7.69. The summed E-state index contributed by atoms with van der Waals surface area (Å²) >= 11 is 0.